The summed E-state index contributed by atoms with van der Waals surface area (Å²) in [6, 6.07) is 7.93. The molecule has 1 saturated heterocycles. The topological polar surface area (TPSA) is 52.1 Å². The maximum atomic E-state index is 9.17. The van der Waals surface area contributed by atoms with Gasteiger partial charge in [-0.05, 0) is 12.1 Å². The van der Waals surface area contributed by atoms with Crippen molar-refractivity contribution in [1.29, 1.82) is 0 Å². The van der Waals surface area contributed by atoms with Crippen LogP contribution in [-0.2, 0) is 0 Å². The van der Waals surface area contributed by atoms with Gasteiger partial charge in [-0.2, -0.15) is 0 Å². The minimum atomic E-state index is -0.191. The summed E-state index contributed by atoms with van der Waals surface area (Å²) in [5.74, 6) is 0.858. The molecule has 72 valence electrons. The van der Waals surface area contributed by atoms with Crippen molar-refractivity contribution in [2.24, 2.45) is 0 Å². The molecule has 14 heavy (non-hydrogen) atoms. The first-order valence-electron chi connectivity index (χ1n) is 4.71. The average Bonchev–Trinajstić information content (AvgIpc) is 2.55. The maximum Gasteiger partial charge on any atom is 0.204 e. The molecule has 2 N–H and O–H groups in total. The Bertz CT molecular complexity index is 426. The molecule has 1 fully saturated rings. The quantitative estimate of drug-likeness (QED) is 0.695. The molecule has 0 radical (unpaired) electrons. The fourth-order valence-electron chi connectivity index (χ4n) is 1.72. The standard InChI is InChI=1S/C10H11N3O/c14-7-5-13(6-7)10-11-8-3-1-2-4-9(8)12-10/h1-4,7,14H,5-6H2,(H,11,12). The second-order valence-corrected chi connectivity index (χ2v) is 3.64. The van der Waals surface area contributed by atoms with Gasteiger partial charge in [0.1, 0.15) is 0 Å². The van der Waals surface area contributed by atoms with Gasteiger partial charge in [-0.15, -0.1) is 0 Å². The van der Waals surface area contributed by atoms with Gasteiger partial charge in [-0.1, -0.05) is 12.1 Å². The number of aliphatic hydroxyl groups is 1. The summed E-state index contributed by atoms with van der Waals surface area (Å²) in [5.41, 5.74) is 2.02. The van der Waals surface area contributed by atoms with Crippen molar-refractivity contribution < 1.29 is 5.11 Å². The number of β-amino-alcohol motifs (C(OH)–C–C–N with tert-alkyl or cyclic N) is 1. The van der Waals surface area contributed by atoms with Crippen LogP contribution in [0.3, 0.4) is 0 Å². The van der Waals surface area contributed by atoms with E-state index >= 15 is 0 Å². The van der Waals surface area contributed by atoms with E-state index in [1.54, 1.807) is 0 Å². The zero-order chi connectivity index (χ0) is 9.54. The molecule has 2 aromatic rings. The minimum absolute atomic E-state index is 0.191. The second kappa shape index (κ2) is 2.72. The van der Waals surface area contributed by atoms with Gasteiger partial charge in [-0.3, -0.25) is 0 Å². The molecule has 1 aromatic heterocycles. The third kappa shape index (κ3) is 1.08. The SMILES string of the molecule is OC1CN(c2nc3ccccc3[nH]2)C1. The third-order valence-corrected chi connectivity index (χ3v) is 2.54. The van der Waals surface area contributed by atoms with E-state index in [-0.39, 0.29) is 6.10 Å². The Morgan fingerprint density at radius 2 is 2.14 bits per heavy atom. The van der Waals surface area contributed by atoms with Crippen LogP contribution < -0.4 is 4.90 Å². The maximum absolute atomic E-state index is 9.17. The van der Waals surface area contributed by atoms with Crippen LogP contribution >= 0.6 is 0 Å². The van der Waals surface area contributed by atoms with Gasteiger partial charge in [0.2, 0.25) is 5.95 Å². The van der Waals surface area contributed by atoms with E-state index in [4.69, 9.17) is 0 Å². The summed E-state index contributed by atoms with van der Waals surface area (Å²) in [4.78, 5) is 9.68. The monoisotopic (exact) mass is 189 g/mol. The van der Waals surface area contributed by atoms with Crippen molar-refractivity contribution >= 4 is 17.0 Å². The number of fused-ring (bicyclic) bond motifs is 1. The van der Waals surface area contributed by atoms with E-state index in [1.807, 2.05) is 29.2 Å². The van der Waals surface area contributed by atoms with Crippen LogP contribution in [0.2, 0.25) is 0 Å². The average molecular weight is 189 g/mol. The first-order valence-corrected chi connectivity index (χ1v) is 4.71. The lowest BCUT2D eigenvalue weighted by Crippen LogP contribution is -2.51. The highest BCUT2D eigenvalue weighted by molar-refractivity contribution is 5.77. The van der Waals surface area contributed by atoms with Crippen molar-refractivity contribution in [2.75, 3.05) is 18.0 Å². The summed E-state index contributed by atoms with van der Waals surface area (Å²) < 4.78 is 0. The van der Waals surface area contributed by atoms with E-state index in [0.717, 1.165) is 17.0 Å². The molecule has 1 aliphatic rings. The molecule has 0 atom stereocenters. The van der Waals surface area contributed by atoms with Gasteiger partial charge in [0.15, 0.2) is 0 Å². The number of aliphatic hydroxyl groups excluding tert-OH is 1. The molecule has 0 spiro atoms. The molecule has 0 amide bonds. The molecule has 1 aromatic carbocycles. The van der Waals surface area contributed by atoms with Crippen molar-refractivity contribution in [2.45, 2.75) is 6.10 Å². The number of benzene rings is 1. The van der Waals surface area contributed by atoms with Crippen LogP contribution in [0.5, 0.6) is 0 Å². The summed E-state index contributed by atoms with van der Waals surface area (Å²) in [7, 11) is 0. The Kier molecular flexibility index (Phi) is 1.52. The van der Waals surface area contributed by atoms with E-state index in [0.29, 0.717) is 13.1 Å². The number of nitrogens with one attached hydrogen (secondary N) is 1. The van der Waals surface area contributed by atoms with Gasteiger partial charge in [0.05, 0.1) is 17.1 Å². The predicted molar refractivity (Wildman–Crippen MR) is 54.3 cm³/mol. The lowest BCUT2D eigenvalue weighted by Gasteiger charge is -2.35. The Hall–Kier alpha value is -1.55. The number of rotatable bonds is 1. The van der Waals surface area contributed by atoms with Crippen LogP contribution in [0.15, 0.2) is 24.3 Å². The summed E-state index contributed by atoms with van der Waals surface area (Å²) >= 11 is 0. The lowest BCUT2D eigenvalue weighted by atomic mass is 10.2. The van der Waals surface area contributed by atoms with Crippen LogP contribution in [-0.4, -0.2) is 34.3 Å². The predicted octanol–water partition coefficient (Wildman–Crippen LogP) is 0.744. The molecule has 0 bridgehead atoms. The normalized spacial score (nSPS) is 17.4. The second-order valence-electron chi connectivity index (χ2n) is 3.64. The van der Waals surface area contributed by atoms with E-state index in [2.05, 4.69) is 9.97 Å². The molecule has 0 aliphatic carbocycles. The zero-order valence-electron chi connectivity index (χ0n) is 7.64. The third-order valence-electron chi connectivity index (χ3n) is 2.54. The van der Waals surface area contributed by atoms with Crippen LogP contribution in [0.25, 0.3) is 11.0 Å². The first kappa shape index (κ1) is 7.82. The molecule has 4 nitrogen and oxygen atoms in total. The Morgan fingerprint density at radius 1 is 1.36 bits per heavy atom. The van der Waals surface area contributed by atoms with Crippen molar-refractivity contribution in [3.63, 3.8) is 0 Å². The number of H-pyrrole nitrogens is 1. The van der Waals surface area contributed by atoms with Gasteiger partial charge < -0.3 is 15.0 Å². The molecular formula is C10H11N3O. The fourth-order valence-corrected chi connectivity index (χ4v) is 1.72. The molecule has 2 heterocycles. The Labute approximate surface area is 81.2 Å². The number of anilines is 1. The molecule has 0 saturated carbocycles. The number of nitrogens with zero attached hydrogens (tertiary/aromatic N) is 2. The number of imidazole rings is 1. The molecular weight excluding hydrogens is 178 g/mol. The number of aromatic nitrogens is 2. The summed E-state index contributed by atoms with van der Waals surface area (Å²) in [5, 5.41) is 9.17. The molecule has 4 heteroatoms. The fraction of sp³-hybridized carbons (Fsp3) is 0.300. The van der Waals surface area contributed by atoms with Crippen LogP contribution in [0.1, 0.15) is 0 Å². The van der Waals surface area contributed by atoms with E-state index in [1.165, 1.54) is 0 Å². The van der Waals surface area contributed by atoms with Crippen LogP contribution in [0.4, 0.5) is 5.95 Å². The minimum Gasteiger partial charge on any atom is -0.389 e. The van der Waals surface area contributed by atoms with Gasteiger partial charge in [-0.25, -0.2) is 4.98 Å². The number of hydrogen-bond donors (Lipinski definition) is 2. The highest BCUT2D eigenvalue weighted by Crippen LogP contribution is 2.20. The van der Waals surface area contributed by atoms with Crippen molar-refractivity contribution in [3.05, 3.63) is 24.3 Å². The Balaban J connectivity index is 1.99. The number of para-hydroxylation sites is 2. The van der Waals surface area contributed by atoms with Crippen LogP contribution in [0, 0.1) is 0 Å². The van der Waals surface area contributed by atoms with Crippen molar-refractivity contribution in [1.82, 2.24) is 9.97 Å². The largest absolute Gasteiger partial charge is 0.389 e. The summed E-state index contributed by atoms with van der Waals surface area (Å²) in [6.07, 6.45) is -0.191. The van der Waals surface area contributed by atoms with Gasteiger partial charge >= 0.3 is 0 Å². The highest BCUT2D eigenvalue weighted by atomic mass is 16.3. The molecule has 0 unspecified atom stereocenters. The lowest BCUT2D eigenvalue weighted by molar-refractivity contribution is 0.140. The van der Waals surface area contributed by atoms with Crippen molar-refractivity contribution in [3.8, 4) is 0 Å². The molecule has 1 aliphatic heterocycles. The molecule has 3 rings (SSSR count). The zero-order valence-corrected chi connectivity index (χ0v) is 7.64. The van der Waals surface area contributed by atoms with Gasteiger partial charge in [0.25, 0.3) is 0 Å². The first-order chi connectivity index (χ1) is 6.83. The Morgan fingerprint density at radius 3 is 2.86 bits per heavy atom. The summed E-state index contributed by atoms with van der Waals surface area (Å²) in [6.45, 7) is 1.36. The van der Waals surface area contributed by atoms with E-state index in [9.17, 15) is 5.11 Å². The van der Waals surface area contributed by atoms with E-state index < -0.39 is 0 Å². The smallest absolute Gasteiger partial charge is 0.204 e. The number of aromatic amines is 1. The van der Waals surface area contributed by atoms with Gasteiger partial charge in [0, 0.05) is 13.1 Å². The number of hydrogen-bond acceptors (Lipinski definition) is 3. The highest BCUT2D eigenvalue weighted by Gasteiger charge is 2.26.